The highest BCUT2D eigenvalue weighted by Crippen LogP contribution is 2.42. The van der Waals surface area contributed by atoms with Gasteiger partial charge in [0.2, 0.25) is 0 Å². The molecular formula is C17H25NO. The Morgan fingerprint density at radius 3 is 2.37 bits per heavy atom. The maximum absolute atomic E-state index is 5.62. The first kappa shape index (κ1) is 13.1. The minimum absolute atomic E-state index is 0.290. The first-order chi connectivity index (χ1) is 9.11. The van der Waals surface area contributed by atoms with Gasteiger partial charge in [0, 0.05) is 5.41 Å². The highest BCUT2D eigenvalue weighted by atomic mass is 16.5. The molecule has 1 N–H and O–H groups in total. The molecule has 2 aliphatic rings. The molecule has 2 heteroatoms. The van der Waals surface area contributed by atoms with Crippen LogP contribution >= 0.6 is 0 Å². The third-order valence-electron chi connectivity index (χ3n) is 4.81. The average molecular weight is 259 g/mol. The van der Waals surface area contributed by atoms with Gasteiger partial charge in [-0.25, -0.2) is 0 Å². The molecule has 1 aromatic rings. The van der Waals surface area contributed by atoms with Crippen molar-refractivity contribution in [3.05, 3.63) is 34.4 Å². The van der Waals surface area contributed by atoms with Crippen molar-refractivity contribution in [3.8, 4) is 0 Å². The van der Waals surface area contributed by atoms with E-state index in [2.05, 4.69) is 38.2 Å². The molecule has 1 aromatic carbocycles. The van der Waals surface area contributed by atoms with Crippen LogP contribution in [0.3, 0.4) is 0 Å². The molecule has 2 nitrogen and oxygen atoms in total. The van der Waals surface area contributed by atoms with E-state index in [0.29, 0.717) is 5.41 Å². The Bertz CT molecular complexity index is 447. The molecule has 19 heavy (non-hydrogen) atoms. The SMILES string of the molecule is Cc1cc(C)c(C2(CC3CCNC3)COC2)c(C)c1. The van der Waals surface area contributed by atoms with Gasteiger partial charge in [-0.1, -0.05) is 17.7 Å². The Labute approximate surface area is 116 Å². The highest BCUT2D eigenvalue weighted by molar-refractivity contribution is 5.44. The first-order valence-electron chi connectivity index (χ1n) is 7.47. The van der Waals surface area contributed by atoms with Crippen LogP contribution in [0.1, 0.15) is 35.1 Å². The molecule has 3 rings (SSSR count). The maximum Gasteiger partial charge on any atom is 0.0585 e. The van der Waals surface area contributed by atoms with Gasteiger partial charge >= 0.3 is 0 Å². The van der Waals surface area contributed by atoms with Crippen LogP contribution in [0.15, 0.2) is 12.1 Å². The van der Waals surface area contributed by atoms with E-state index < -0.39 is 0 Å². The molecule has 0 saturated carbocycles. The molecule has 2 fully saturated rings. The molecular weight excluding hydrogens is 234 g/mol. The number of nitrogens with one attached hydrogen (secondary N) is 1. The third kappa shape index (κ3) is 2.32. The summed E-state index contributed by atoms with van der Waals surface area (Å²) in [5.41, 5.74) is 6.13. The van der Waals surface area contributed by atoms with Crippen LogP contribution in [0.5, 0.6) is 0 Å². The smallest absolute Gasteiger partial charge is 0.0585 e. The number of hydrogen-bond donors (Lipinski definition) is 1. The first-order valence-corrected chi connectivity index (χ1v) is 7.47. The Morgan fingerprint density at radius 1 is 1.21 bits per heavy atom. The Kier molecular flexibility index (Phi) is 3.40. The van der Waals surface area contributed by atoms with Gasteiger partial charge in [0.15, 0.2) is 0 Å². The van der Waals surface area contributed by atoms with Crippen molar-refractivity contribution in [2.75, 3.05) is 26.3 Å². The summed E-state index contributed by atoms with van der Waals surface area (Å²) in [6.45, 7) is 10.9. The van der Waals surface area contributed by atoms with Crippen LogP contribution in [0.4, 0.5) is 0 Å². The van der Waals surface area contributed by atoms with Crippen molar-refractivity contribution in [1.82, 2.24) is 5.32 Å². The zero-order valence-corrected chi connectivity index (χ0v) is 12.4. The highest BCUT2D eigenvalue weighted by Gasteiger charge is 2.44. The van der Waals surface area contributed by atoms with E-state index in [4.69, 9.17) is 4.74 Å². The lowest BCUT2D eigenvalue weighted by atomic mass is 9.69. The fraction of sp³-hybridized carbons (Fsp3) is 0.647. The quantitative estimate of drug-likeness (QED) is 0.901. The van der Waals surface area contributed by atoms with E-state index in [1.165, 1.54) is 42.6 Å². The lowest BCUT2D eigenvalue weighted by Crippen LogP contribution is -2.49. The molecule has 1 unspecified atom stereocenters. The Balaban J connectivity index is 1.93. The van der Waals surface area contributed by atoms with E-state index in [0.717, 1.165) is 19.1 Å². The normalized spacial score (nSPS) is 25.3. The number of aryl methyl sites for hydroxylation is 3. The minimum atomic E-state index is 0.290. The molecule has 1 atom stereocenters. The van der Waals surface area contributed by atoms with E-state index in [1.807, 2.05) is 0 Å². The van der Waals surface area contributed by atoms with Crippen molar-refractivity contribution < 1.29 is 4.74 Å². The van der Waals surface area contributed by atoms with Gasteiger partial charge in [0.25, 0.3) is 0 Å². The van der Waals surface area contributed by atoms with Gasteiger partial charge < -0.3 is 10.1 Å². The third-order valence-corrected chi connectivity index (χ3v) is 4.81. The van der Waals surface area contributed by atoms with E-state index in [-0.39, 0.29) is 0 Å². The summed E-state index contributed by atoms with van der Waals surface area (Å²) in [5.74, 6) is 0.823. The van der Waals surface area contributed by atoms with Crippen LogP contribution in [-0.2, 0) is 10.2 Å². The van der Waals surface area contributed by atoms with Gasteiger partial charge in [-0.3, -0.25) is 0 Å². The van der Waals surface area contributed by atoms with Crippen LogP contribution in [0, 0.1) is 26.7 Å². The summed E-state index contributed by atoms with van der Waals surface area (Å²) in [7, 11) is 0. The van der Waals surface area contributed by atoms with Crippen LogP contribution in [0.2, 0.25) is 0 Å². The van der Waals surface area contributed by atoms with Crippen LogP contribution in [0.25, 0.3) is 0 Å². The standard InChI is InChI=1S/C17H25NO/c1-12-6-13(2)16(14(3)7-12)17(10-19-11-17)8-15-4-5-18-9-15/h6-7,15,18H,4-5,8-11H2,1-3H3. The fourth-order valence-electron chi connectivity index (χ4n) is 4.17. The zero-order chi connectivity index (χ0) is 13.5. The minimum Gasteiger partial charge on any atom is -0.379 e. The largest absolute Gasteiger partial charge is 0.379 e. The topological polar surface area (TPSA) is 21.3 Å². The molecule has 2 aliphatic heterocycles. The van der Waals surface area contributed by atoms with Gasteiger partial charge in [0.1, 0.15) is 0 Å². The monoisotopic (exact) mass is 259 g/mol. The fourth-order valence-corrected chi connectivity index (χ4v) is 4.17. The van der Waals surface area contributed by atoms with Gasteiger partial charge in [0.05, 0.1) is 13.2 Å². The molecule has 0 aromatic heterocycles. The van der Waals surface area contributed by atoms with Crippen LogP contribution in [-0.4, -0.2) is 26.3 Å². The summed E-state index contributed by atoms with van der Waals surface area (Å²) < 4.78 is 5.62. The van der Waals surface area contributed by atoms with Crippen molar-refractivity contribution in [2.24, 2.45) is 5.92 Å². The summed E-state index contributed by atoms with van der Waals surface area (Å²) in [4.78, 5) is 0. The van der Waals surface area contributed by atoms with E-state index in [1.54, 1.807) is 5.56 Å². The predicted octanol–water partition coefficient (Wildman–Crippen LogP) is 2.88. The maximum atomic E-state index is 5.62. The van der Waals surface area contributed by atoms with Gasteiger partial charge in [-0.05, 0) is 69.3 Å². The second kappa shape index (κ2) is 4.92. The van der Waals surface area contributed by atoms with Crippen molar-refractivity contribution in [2.45, 2.75) is 39.0 Å². The van der Waals surface area contributed by atoms with E-state index >= 15 is 0 Å². The van der Waals surface area contributed by atoms with Gasteiger partial charge in [-0.15, -0.1) is 0 Å². The lowest BCUT2D eigenvalue weighted by molar-refractivity contribution is -0.0711. The molecule has 0 spiro atoms. The molecule has 2 heterocycles. The molecule has 0 radical (unpaired) electrons. The Morgan fingerprint density at radius 2 is 1.89 bits per heavy atom. The van der Waals surface area contributed by atoms with Gasteiger partial charge in [-0.2, -0.15) is 0 Å². The number of ether oxygens (including phenoxy) is 1. The van der Waals surface area contributed by atoms with Crippen molar-refractivity contribution in [3.63, 3.8) is 0 Å². The second-order valence-electron chi connectivity index (χ2n) is 6.61. The Hall–Kier alpha value is -0.860. The van der Waals surface area contributed by atoms with E-state index in [9.17, 15) is 0 Å². The zero-order valence-electron chi connectivity index (χ0n) is 12.4. The summed E-state index contributed by atoms with van der Waals surface area (Å²) in [5, 5.41) is 3.49. The average Bonchev–Trinajstić information content (AvgIpc) is 2.76. The summed E-state index contributed by atoms with van der Waals surface area (Å²) >= 11 is 0. The predicted molar refractivity (Wildman–Crippen MR) is 78.7 cm³/mol. The summed E-state index contributed by atoms with van der Waals surface area (Å²) in [6, 6.07) is 4.66. The van der Waals surface area contributed by atoms with Crippen LogP contribution < -0.4 is 5.32 Å². The van der Waals surface area contributed by atoms with Crippen molar-refractivity contribution >= 4 is 0 Å². The second-order valence-corrected chi connectivity index (χ2v) is 6.61. The molecule has 0 amide bonds. The summed E-state index contributed by atoms with van der Waals surface area (Å²) in [6.07, 6.45) is 2.61. The number of rotatable bonds is 3. The lowest BCUT2D eigenvalue weighted by Gasteiger charge is -2.45. The molecule has 104 valence electrons. The number of hydrogen-bond acceptors (Lipinski definition) is 2. The number of benzene rings is 1. The molecule has 2 saturated heterocycles. The van der Waals surface area contributed by atoms with Crippen molar-refractivity contribution in [1.29, 1.82) is 0 Å². The molecule has 0 aliphatic carbocycles. The molecule has 0 bridgehead atoms.